The molecule has 0 unspecified atom stereocenters. The number of β-lactam (4-membered cyclic amide) rings is 1. The van der Waals surface area contributed by atoms with Crippen LogP contribution in [-0.2, 0) is 32.3 Å². The number of fused-ring (bicyclic) bond motifs is 1. The zero-order valence-electron chi connectivity index (χ0n) is 16.6. The average Bonchev–Trinajstić information content (AvgIpc) is 3.07. The van der Waals surface area contributed by atoms with Crippen LogP contribution in [0, 0.1) is 0 Å². The molecule has 4 rings (SSSR count). The molecular formula is C20H22N5O5S+. The SMILES string of the molecule is NC(=O)C[n+]1ccc(CN2CC/C(=C\C3=C(C(=O)O)N4C(=O)[C@@H](N)[C@H]4SC3)C2=O)cc1. The van der Waals surface area contributed by atoms with Crippen LogP contribution in [0.2, 0.25) is 0 Å². The summed E-state index contributed by atoms with van der Waals surface area (Å²) in [6, 6.07) is 2.95. The normalized spacial score (nSPS) is 24.5. The van der Waals surface area contributed by atoms with Crippen LogP contribution in [0.3, 0.4) is 0 Å². The first kappa shape index (κ1) is 21.1. The molecule has 0 aromatic carbocycles. The second-order valence-corrected chi connectivity index (χ2v) is 8.71. The number of aliphatic carboxylic acids is 1. The molecule has 2 atom stereocenters. The summed E-state index contributed by atoms with van der Waals surface area (Å²) in [5.41, 5.74) is 12.7. The molecule has 1 aromatic rings. The van der Waals surface area contributed by atoms with E-state index in [1.54, 1.807) is 27.9 Å². The first-order chi connectivity index (χ1) is 14.8. The fraction of sp³-hybridized carbons (Fsp3) is 0.350. The minimum atomic E-state index is -1.20. The highest BCUT2D eigenvalue weighted by molar-refractivity contribution is 8.00. The molecule has 3 aliphatic heterocycles. The Morgan fingerprint density at radius 3 is 2.65 bits per heavy atom. The van der Waals surface area contributed by atoms with Crippen molar-refractivity contribution in [2.75, 3.05) is 12.3 Å². The fourth-order valence-electron chi connectivity index (χ4n) is 3.91. The number of nitrogens with zero attached hydrogens (tertiary/aromatic N) is 3. The number of amides is 3. The van der Waals surface area contributed by atoms with Gasteiger partial charge in [0.25, 0.3) is 5.91 Å². The molecule has 3 aliphatic rings. The van der Waals surface area contributed by atoms with Gasteiger partial charge in [-0.1, -0.05) is 0 Å². The maximum absolute atomic E-state index is 12.9. The molecule has 3 amide bonds. The van der Waals surface area contributed by atoms with Crippen molar-refractivity contribution in [1.82, 2.24) is 9.80 Å². The first-order valence-corrected chi connectivity index (χ1v) is 10.7. The lowest BCUT2D eigenvalue weighted by Crippen LogP contribution is -2.68. The number of hydrogen-bond donors (Lipinski definition) is 3. The van der Waals surface area contributed by atoms with Gasteiger partial charge in [-0.3, -0.25) is 19.3 Å². The Morgan fingerprint density at radius 1 is 1.29 bits per heavy atom. The van der Waals surface area contributed by atoms with Crippen LogP contribution in [0.25, 0.3) is 0 Å². The Bertz CT molecular complexity index is 1030. The Kier molecular flexibility index (Phi) is 5.54. The zero-order chi connectivity index (χ0) is 22.3. The Balaban J connectivity index is 1.50. The second-order valence-electron chi connectivity index (χ2n) is 7.61. The lowest BCUT2D eigenvalue weighted by atomic mass is 10.0. The Labute approximate surface area is 182 Å². The number of carbonyl (C=O) groups is 4. The fourth-order valence-corrected chi connectivity index (χ4v) is 5.16. The van der Waals surface area contributed by atoms with Crippen LogP contribution in [0.4, 0.5) is 0 Å². The summed E-state index contributed by atoms with van der Waals surface area (Å²) in [6.07, 6.45) is 5.56. The Hall–Kier alpha value is -3.18. The number of thioether (sulfide) groups is 1. The van der Waals surface area contributed by atoms with Gasteiger partial charge in [-0.05, 0) is 23.6 Å². The molecule has 4 heterocycles. The van der Waals surface area contributed by atoms with Gasteiger partial charge in [-0.15, -0.1) is 11.8 Å². The van der Waals surface area contributed by atoms with E-state index in [1.165, 1.54) is 16.7 Å². The number of hydrogen-bond acceptors (Lipinski definition) is 6. The highest BCUT2D eigenvalue weighted by Crippen LogP contribution is 2.40. The summed E-state index contributed by atoms with van der Waals surface area (Å²) in [5, 5.41) is 9.27. The van der Waals surface area contributed by atoms with Crippen molar-refractivity contribution in [1.29, 1.82) is 0 Å². The predicted octanol–water partition coefficient (Wildman–Crippen LogP) is -1.30. The molecule has 0 aliphatic carbocycles. The number of primary amides is 1. The number of aromatic nitrogens is 1. The lowest BCUT2D eigenvalue weighted by molar-refractivity contribution is -0.684. The lowest BCUT2D eigenvalue weighted by Gasteiger charge is -2.47. The van der Waals surface area contributed by atoms with E-state index in [0.29, 0.717) is 36.4 Å². The number of allylic oxidation sites excluding steroid dienone is 1. The van der Waals surface area contributed by atoms with Crippen LogP contribution in [-0.4, -0.2) is 62.3 Å². The van der Waals surface area contributed by atoms with E-state index in [1.807, 2.05) is 12.1 Å². The molecular weight excluding hydrogens is 422 g/mol. The summed E-state index contributed by atoms with van der Waals surface area (Å²) in [4.78, 5) is 50.6. The minimum absolute atomic E-state index is 0.0835. The van der Waals surface area contributed by atoms with Gasteiger partial charge in [0.2, 0.25) is 18.4 Å². The number of pyridine rings is 1. The number of likely N-dealkylation sites (tertiary alicyclic amines) is 1. The van der Waals surface area contributed by atoms with Crippen LogP contribution >= 0.6 is 11.8 Å². The van der Waals surface area contributed by atoms with Gasteiger partial charge in [0.05, 0.1) is 0 Å². The van der Waals surface area contributed by atoms with Crippen LogP contribution < -0.4 is 16.0 Å². The third-order valence-corrected chi connectivity index (χ3v) is 6.80. The monoisotopic (exact) mass is 444 g/mol. The molecule has 5 N–H and O–H groups in total. The third-order valence-electron chi connectivity index (χ3n) is 5.47. The van der Waals surface area contributed by atoms with Crippen molar-refractivity contribution in [3.8, 4) is 0 Å². The van der Waals surface area contributed by atoms with Gasteiger partial charge in [-0.25, -0.2) is 4.79 Å². The van der Waals surface area contributed by atoms with Crippen molar-refractivity contribution >= 4 is 35.5 Å². The summed E-state index contributed by atoms with van der Waals surface area (Å²) in [7, 11) is 0. The molecule has 31 heavy (non-hydrogen) atoms. The summed E-state index contributed by atoms with van der Waals surface area (Å²) in [5.74, 6) is -1.84. The van der Waals surface area contributed by atoms with Crippen molar-refractivity contribution in [3.05, 3.63) is 53.0 Å². The molecule has 0 saturated carbocycles. The van der Waals surface area contributed by atoms with Gasteiger partial charge in [-0.2, -0.15) is 4.57 Å². The largest absolute Gasteiger partial charge is 0.477 e. The molecule has 0 radical (unpaired) electrons. The third kappa shape index (κ3) is 3.93. The Morgan fingerprint density at radius 2 is 2.00 bits per heavy atom. The summed E-state index contributed by atoms with van der Waals surface area (Å²) in [6.45, 7) is 0.995. The quantitative estimate of drug-likeness (QED) is 0.280. The van der Waals surface area contributed by atoms with E-state index in [2.05, 4.69) is 0 Å². The van der Waals surface area contributed by atoms with Gasteiger partial charge >= 0.3 is 5.97 Å². The molecule has 162 valence electrons. The van der Waals surface area contributed by atoms with E-state index in [4.69, 9.17) is 11.5 Å². The second kappa shape index (κ2) is 8.16. The highest BCUT2D eigenvalue weighted by atomic mass is 32.2. The van der Waals surface area contributed by atoms with Crippen molar-refractivity contribution < 1.29 is 28.9 Å². The summed E-state index contributed by atoms with van der Waals surface area (Å²) < 4.78 is 1.65. The number of carbonyl (C=O) groups excluding carboxylic acids is 3. The van der Waals surface area contributed by atoms with E-state index in [9.17, 15) is 24.3 Å². The van der Waals surface area contributed by atoms with Crippen LogP contribution in [0.5, 0.6) is 0 Å². The minimum Gasteiger partial charge on any atom is -0.477 e. The topological polar surface area (TPSA) is 151 Å². The van der Waals surface area contributed by atoms with E-state index >= 15 is 0 Å². The van der Waals surface area contributed by atoms with Gasteiger partial charge in [0.15, 0.2) is 12.4 Å². The molecule has 1 aromatic heterocycles. The number of nitrogens with two attached hydrogens (primary N) is 2. The molecule has 2 saturated heterocycles. The van der Waals surface area contributed by atoms with E-state index in [0.717, 1.165) is 5.56 Å². The average molecular weight is 444 g/mol. The highest BCUT2D eigenvalue weighted by Gasteiger charge is 2.51. The van der Waals surface area contributed by atoms with Crippen molar-refractivity contribution in [2.24, 2.45) is 11.5 Å². The van der Waals surface area contributed by atoms with Gasteiger partial charge in [0, 0.05) is 36.5 Å². The predicted molar refractivity (Wildman–Crippen MR) is 110 cm³/mol. The zero-order valence-corrected chi connectivity index (χ0v) is 17.4. The maximum atomic E-state index is 12.9. The summed E-state index contributed by atoms with van der Waals surface area (Å²) >= 11 is 1.40. The van der Waals surface area contributed by atoms with E-state index < -0.39 is 23.8 Å². The molecule has 11 heteroatoms. The molecule has 0 spiro atoms. The van der Waals surface area contributed by atoms with Gasteiger partial charge < -0.3 is 21.5 Å². The smallest absolute Gasteiger partial charge is 0.352 e. The number of carboxylic acid groups (broad SMARTS) is 1. The van der Waals surface area contributed by atoms with E-state index in [-0.39, 0.29) is 23.5 Å². The van der Waals surface area contributed by atoms with Crippen molar-refractivity contribution in [2.45, 2.75) is 30.9 Å². The van der Waals surface area contributed by atoms with Crippen molar-refractivity contribution in [3.63, 3.8) is 0 Å². The standard InChI is InChI=1S/C20H21N5O5S/c21-14(26)9-23-4-1-11(2-5-23)8-24-6-3-12(17(24)27)7-13-10-31-19-15(22)18(28)25(19)16(13)20(29)30/h1-2,4-5,7,15,19H,3,6,8-10,22H2,(H2-,21,26,29,30)/p+1/b12-7+/t15-,19-/m1/s1. The van der Waals surface area contributed by atoms with Gasteiger partial charge in [0.1, 0.15) is 17.1 Å². The molecule has 10 nitrogen and oxygen atoms in total. The first-order valence-electron chi connectivity index (χ1n) is 9.69. The van der Waals surface area contributed by atoms with Crippen LogP contribution in [0.1, 0.15) is 12.0 Å². The molecule has 2 fully saturated rings. The number of rotatable bonds is 6. The number of carboxylic acids is 1. The molecule has 0 bridgehead atoms. The maximum Gasteiger partial charge on any atom is 0.352 e. The van der Waals surface area contributed by atoms with Crippen LogP contribution in [0.15, 0.2) is 47.4 Å².